The molecule has 2 N–H and O–H groups in total. The second kappa shape index (κ2) is 4.51. The predicted molar refractivity (Wildman–Crippen MR) is 63.9 cm³/mol. The molecule has 0 fully saturated rings. The molecule has 0 bridgehead atoms. The molecular weight excluding hydrogens is 204 g/mol. The number of aromatic carboxylic acids is 1. The summed E-state index contributed by atoms with van der Waals surface area (Å²) in [5.74, 6) is -0.313. The maximum absolute atomic E-state index is 10.9. The van der Waals surface area contributed by atoms with Crippen molar-refractivity contribution in [3.8, 4) is 0 Å². The van der Waals surface area contributed by atoms with Crippen molar-refractivity contribution in [3.05, 3.63) is 23.4 Å². The minimum Gasteiger partial charge on any atom is -0.478 e. The first-order valence-electron chi connectivity index (χ1n) is 5.34. The quantitative estimate of drug-likeness (QED) is 0.822. The van der Waals surface area contributed by atoms with E-state index in [0.29, 0.717) is 11.5 Å². The van der Waals surface area contributed by atoms with Gasteiger partial charge in [-0.1, -0.05) is 6.92 Å². The SMILES string of the molecule is CCC(C)(C)Nc1cc(C(=O)O)cc(C)n1. The summed E-state index contributed by atoms with van der Waals surface area (Å²) in [5, 5.41) is 12.2. The van der Waals surface area contributed by atoms with Gasteiger partial charge in [-0.2, -0.15) is 0 Å². The highest BCUT2D eigenvalue weighted by Gasteiger charge is 2.16. The van der Waals surface area contributed by atoms with Gasteiger partial charge in [-0.05, 0) is 39.3 Å². The van der Waals surface area contributed by atoms with Gasteiger partial charge in [-0.15, -0.1) is 0 Å². The van der Waals surface area contributed by atoms with Crippen LogP contribution < -0.4 is 5.32 Å². The number of nitrogens with one attached hydrogen (secondary N) is 1. The van der Waals surface area contributed by atoms with E-state index < -0.39 is 5.97 Å². The number of carboxylic acid groups (broad SMARTS) is 1. The van der Waals surface area contributed by atoms with Gasteiger partial charge in [0.25, 0.3) is 0 Å². The van der Waals surface area contributed by atoms with Crippen molar-refractivity contribution in [1.29, 1.82) is 0 Å². The van der Waals surface area contributed by atoms with Gasteiger partial charge >= 0.3 is 5.97 Å². The Hall–Kier alpha value is -1.58. The average molecular weight is 222 g/mol. The van der Waals surface area contributed by atoms with Crippen molar-refractivity contribution in [1.82, 2.24) is 4.98 Å². The molecule has 16 heavy (non-hydrogen) atoms. The number of nitrogens with zero attached hydrogens (tertiary/aromatic N) is 1. The second-order valence-corrected chi connectivity index (χ2v) is 4.55. The van der Waals surface area contributed by atoms with Crippen LogP contribution in [0.25, 0.3) is 0 Å². The third-order valence-corrected chi connectivity index (χ3v) is 2.55. The van der Waals surface area contributed by atoms with Crippen LogP contribution >= 0.6 is 0 Å². The minimum atomic E-state index is -0.928. The van der Waals surface area contributed by atoms with Crippen molar-refractivity contribution in [2.45, 2.75) is 39.7 Å². The zero-order valence-electron chi connectivity index (χ0n) is 10.2. The molecule has 0 atom stereocenters. The Morgan fingerprint density at radius 3 is 2.62 bits per heavy atom. The summed E-state index contributed by atoms with van der Waals surface area (Å²) in [6, 6.07) is 3.12. The summed E-state index contributed by atoms with van der Waals surface area (Å²) in [4.78, 5) is 15.2. The first kappa shape index (κ1) is 12.5. The Bertz CT molecular complexity index is 400. The lowest BCUT2D eigenvalue weighted by Gasteiger charge is -2.25. The summed E-state index contributed by atoms with van der Waals surface area (Å²) >= 11 is 0. The molecule has 4 nitrogen and oxygen atoms in total. The molecule has 0 spiro atoms. The Morgan fingerprint density at radius 2 is 2.12 bits per heavy atom. The zero-order valence-corrected chi connectivity index (χ0v) is 10.2. The molecular formula is C12H18N2O2. The number of hydrogen-bond donors (Lipinski definition) is 2. The summed E-state index contributed by atoms with van der Waals surface area (Å²) in [7, 11) is 0. The van der Waals surface area contributed by atoms with Gasteiger partial charge < -0.3 is 10.4 Å². The van der Waals surface area contributed by atoms with E-state index in [2.05, 4.69) is 31.1 Å². The Labute approximate surface area is 95.7 Å². The van der Waals surface area contributed by atoms with E-state index in [4.69, 9.17) is 5.11 Å². The number of aryl methyl sites for hydroxylation is 1. The van der Waals surface area contributed by atoms with E-state index >= 15 is 0 Å². The van der Waals surface area contributed by atoms with E-state index in [1.165, 1.54) is 0 Å². The molecule has 0 amide bonds. The van der Waals surface area contributed by atoms with Crippen LogP contribution in [0.15, 0.2) is 12.1 Å². The Balaban J connectivity index is 3.01. The van der Waals surface area contributed by atoms with Crippen LogP contribution in [-0.2, 0) is 0 Å². The van der Waals surface area contributed by atoms with Gasteiger partial charge in [0.1, 0.15) is 5.82 Å². The summed E-state index contributed by atoms with van der Waals surface area (Å²) < 4.78 is 0. The van der Waals surface area contributed by atoms with Crippen LogP contribution in [0, 0.1) is 6.92 Å². The Kier molecular flexibility index (Phi) is 3.52. The third kappa shape index (κ3) is 3.22. The third-order valence-electron chi connectivity index (χ3n) is 2.55. The molecule has 1 heterocycles. The summed E-state index contributed by atoms with van der Waals surface area (Å²) in [5.41, 5.74) is 0.882. The standard InChI is InChI=1S/C12H18N2O2/c1-5-12(3,4)14-10-7-9(11(15)16)6-8(2)13-10/h6-7H,5H2,1-4H3,(H,13,14)(H,15,16). The molecule has 0 saturated heterocycles. The first-order valence-corrected chi connectivity index (χ1v) is 5.34. The zero-order chi connectivity index (χ0) is 12.3. The summed E-state index contributed by atoms with van der Waals surface area (Å²) in [6.07, 6.45) is 0.936. The second-order valence-electron chi connectivity index (χ2n) is 4.55. The van der Waals surface area contributed by atoms with Crippen LogP contribution in [-0.4, -0.2) is 21.6 Å². The lowest BCUT2D eigenvalue weighted by atomic mass is 10.0. The molecule has 0 saturated carbocycles. The number of aromatic nitrogens is 1. The molecule has 4 heteroatoms. The highest BCUT2D eigenvalue weighted by atomic mass is 16.4. The smallest absolute Gasteiger partial charge is 0.335 e. The lowest BCUT2D eigenvalue weighted by molar-refractivity contribution is 0.0696. The number of hydrogen-bond acceptors (Lipinski definition) is 3. The molecule has 0 aliphatic heterocycles. The van der Waals surface area contributed by atoms with Gasteiger partial charge in [-0.25, -0.2) is 9.78 Å². The number of anilines is 1. The van der Waals surface area contributed by atoms with Crippen LogP contribution in [0.4, 0.5) is 5.82 Å². The van der Waals surface area contributed by atoms with Crippen molar-refractivity contribution >= 4 is 11.8 Å². The van der Waals surface area contributed by atoms with Crippen LogP contribution in [0.1, 0.15) is 43.2 Å². The van der Waals surface area contributed by atoms with Gasteiger partial charge in [0.15, 0.2) is 0 Å². The van der Waals surface area contributed by atoms with Gasteiger partial charge in [0, 0.05) is 11.2 Å². The first-order chi connectivity index (χ1) is 7.34. The highest BCUT2D eigenvalue weighted by molar-refractivity contribution is 5.88. The molecule has 0 aromatic carbocycles. The van der Waals surface area contributed by atoms with Crippen LogP contribution in [0.2, 0.25) is 0 Å². The number of carbonyl (C=O) groups is 1. The molecule has 88 valence electrons. The van der Waals surface area contributed by atoms with Crippen molar-refractivity contribution in [2.75, 3.05) is 5.32 Å². The summed E-state index contributed by atoms with van der Waals surface area (Å²) in [6.45, 7) is 7.96. The van der Waals surface area contributed by atoms with Crippen LogP contribution in [0.3, 0.4) is 0 Å². The van der Waals surface area contributed by atoms with Gasteiger partial charge in [0.05, 0.1) is 5.56 Å². The maximum Gasteiger partial charge on any atom is 0.335 e. The fourth-order valence-electron chi connectivity index (χ4n) is 1.29. The average Bonchev–Trinajstić information content (AvgIpc) is 2.16. The molecule has 0 radical (unpaired) electrons. The van der Waals surface area contributed by atoms with E-state index in [9.17, 15) is 4.79 Å². The monoisotopic (exact) mass is 222 g/mol. The number of rotatable bonds is 4. The van der Waals surface area contributed by atoms with E-state index in [1.54, 1.807) is 19.1 Å². The molecule has 1 aromatic rings. The van der Waals surface area contributed by atoms with Crippen molar-refractivity contribution in [2.24, 2.45) is 0 Å². The number of pyridine rings is 1. The van der Waals surface area contributed by atoms with E-state index in [-0.39, 0.29) is 11.1 Å². The topological polar surface area (TPSA) is 62.2 Å². The number of carboxylic acids is 1. The fraction of sp³-hybridized carbons (Fsp3) is 0.500. The molecule has 0 unspecified atom stereocenters. The lowest BCUT2D eigenvalue weighted by Crippen LogP contribution is -2.30. The fourth-order valence-corrected chi connectivity index (χ4v) is 1.29. The van der Waals surface area contributed by atoms with E-state index in [1.807, 2.05) is 0 Å². The highest BCUT2D eigenvalue weighted by Crippen LogP contribution is 2.17. The van der Waals surface area contributed by atoms with Gasteiger partial charge in [-0.3, -0.25) is 0 Å². The van der Waals surface area contributed by atoms with Crippen LogP contribution in [0.5, 0.6) is 0 Å². The molecule has 1 rings (SSSR count). The largest absolute Gasteiger partial charge is 0.478 e. The van der Waals surface area contributed by atoms with Crippen molar-refractivity contribution in [3.63, 3.8) is 0 Å². The minimum absolute atomic E-state index is 0.0867. The normalized spacial score (nSPS) is 11.2. The maximum atomic E-state index is 10.9. The Morgan fingerprint density at radius 1 is 1.50 bits per heavy atom. The molecule has 0 aliphatic rings. The molecule has 0 aliphatic carbocycles. The predicted octanol–water partition coefficient (Wildman–Crippen LogP) is 2.69. The molecule has 1 aromatic heterocycles. The van der Waals surface area contributed by atoms with E-state index in [0.717, 1.165) is 6.42 Å². The van der Waals surface area contributed by atoms with Gasteiger partial charge in [0.2, 0.25) is 0 Å². The van der Waals surface area contributed by atoms with Crippen molar-refractivity contribution < 1.29 is 9.90 Å².